The van der Waals surface area contributed by atoms with Gasteiger partial charge in [0, 0.05) is 5.54 Å². The third-order valence-electron chi connectivity index (χ3n) is 10.5. The van der Waals surface area contributed by atoms with Crippen molar-refractivity contribution in [1.29, 1.82) is 0 Å². The molecule has 2 heteroatoms. The molecule has 4 aliphatic carbocycles. The molecule has 0 aliphatic heterocycles. The van der Waals surface area contributed by atoms with Gasteiger partial charge in [-0.25, -0.2) is 0 Å². The molecule has 0 saturated heterocycles. The lowest BCUT2D eigenvalue weighted by Gasteiger charge is -2.66. The summed E-state index contributed by atoms with van der Waals surface area (Å²) >= 11 is 0. The van der Waals surface area contributed by atoms with E-state index in [0.29, 0.717) is 23.2 Å². The second-order valence-corrected chi connectivity index (χ2v) is 12.3. The van der Waals surface area contributed by atoms with Crippen molar-refractivity contribution in [1.82, 2.24) is 0 Å². The van der Waals surface area contributed by atoms with Crippen LogP contribution in [0.15, 0.2) is 0 Å². The molecule has 4 saturated carbocycles. The second-order valence-electron chi connectivity index (χ2n) is 12.3. The number of aliphatic hydroxyl groups excluding tert-OH is 1. The zero-order chi connectivity index (χ0) is 20.2. The van der Waals surface area contributed by atoms with Gasteiger partial charge in [0.25, 0.3) is 0 Å². The van der Waals surface area contributed by atoms with Crippen molar-refractivity contribution in [3.8, 4) is 0 Å². The molecule has 0 bridgehead atoms. The molecule has 0 spiro atoms. The number of aliphatic hydroxyl groups is 1. The predicted octanol–water partition coefficient (Wildman–Crippen LogP) is 6.30. The van der Waals surface area contributed by atoms with E-state index in [2.05, 4.69) is 27.7 Å². The molecule has 28 heavy (non-hydrogen) atoms. The minimum atomic E-state index is -0.168. The number of nitrogens with two attached hydrogens (primary N) is 1. The van der Waals surface area contributed by atoms with Crippen LogP contribution in [-0.2, 0) is 0 Å². The summed E-state index contributed by atoms with van der Waals surface area (Å²) in [4.78, 5) is 0. The van der Waals surface area contributed by atoms with Crippen LogP contribution in [0.1, 0.15) is 111 Å². The van der Waals surface area contributed by atoms with E-state index >= 15 is 0 Å². The largest absolute Gasteiger partial charge is 0.393 e. The Kier molecular flexibility index (Phi) is 5.71. The Morgan fingerprint density at radius 2 is 1.68 bits per heavy atom. The number of unbranched alkanes of at least 4 members (excludes halogenated alkanes) is 1. The summed E-state index contributed by atoms with van der Waals surface area (Å²) in [6.45, 7) is 9.79. The van der Waals surface area contributed by atoms with Gasteiger partial charge in [-0.05, 0) is 91.8 Å². The molecule has 3 N–H and O–H groups in total. The van der Waals surface area contributed by atoms with Gasteiger partial charge in [-0.1, -0.05) is 59.8 Å². The van der Waals surface area contributed by atoms with Crippen molar-refractivity contribution in [2.75, 3.05) is 0 Å². The van der Waals surface area contributed by atoms with Gasteiger partial charge in [0.2, 0.25) is 0 Å². The number of hydrogen-bond donors (Lipinski definition) is 2. The summed E-state index contributed by atoms with van der Waals surface area (Å²) in [5, 5.41) is 11.2. The fourth-order valence-corrected chi connectivity index (χ4v) is 9.14. The monoisotopic (exact) mass is 389 g/mol. The first-order valence-electron chi connectivity index (χ1n) is 12.7. The number of rotatable bonds is 5. The number of hydrogen-bond acceptors (Lipinski definition) is 2. The molecule has 4 aliphatic rings. The second kappa shape index (κ2) is 7.56. The SMILES string of the molecule is CC(C)CCCCC1CCC2C1(C)CCC1C3(C)CCCCC3C(O)CC21N. The van der Waals surface area contributed by atoms with Crippen LogP contribution in [0.3, 0.4) is 0 Å². The third-order valence-corrected chi connectivity index (χ3v) is 10.5. The van der Waals surface area contributed by atoms with Gasteiger partial charge >= 0.3 is 0 Å². The minimum Gasteiger partial charge on any atom is -0.393 e. The van der Waals surface area contributed by atoms with Gasteiger partial charge in [-0.15, -0.1) is 0 Å². The Morgan fingerprint density at radius 3 is 2.43 bits per heavy atom. The van der Waals surface area contributed by atoms with Crippen LogP contribution in [0.5, 0.6) is 0 Å². The van der Waals surface area contributed by atoms with E-state index in [1.165, 1.54) is 77.0 Å². The van der Waals surface area contributed by atoms with Crippen molar-refractivity contribution in [2.45, 2.75) is 123 Å². The Balaban J connectivity index is 1.52. The molecule has 8 unspecified atom stereocenters. The molecule has 0 radical (unpaired) electrons. The zero-order valence-corrected chi connectivity index (χ0v) is 19.2. The quantitative estimate of drug-likeness (QED) is 0.542. The molecule has 0 amide bonds. The van der Waals surface area contributed by atoms with E-state index in [1.807, 2.05) is 0 Å². The van der Waals surface area contributed by atoms with Crippen LogP contribution in [0, 0.1) is 40.4 Å². The Hall–Kier alpha value is -0.0800. The van der Waals surface area contributed by atoms with Crippen molar-refractivity contribution in [3.63, 3.8) is 0 Å². The lowest BCUT2D eigenvalue weighted by Crippen LogP contribution is -2.70. The fraction of sp³-hybridized carbons (Fsp3) is 1.00. The van der Waals surface area contributed by atoms with Crippen molar-refractivity contribution >= 4 is 0 Å². The minimum absolute atomic E-state index is 0.123. The van der Waals surface area contributed by atoms with Crippen LogP contribution in [0.2, 0.25) is 0 Å². The van der Waals surface area contributed by atoms with Crippen molar-refractivity contribution < 1.29 is 5.11 Å². The molecule has 0 aromatic rings. The van der Waals surface area contributed by atoms with E-state index in [9.17, 15) is 5.11 Å². The summed E-state index contributed by atoms with van der Waals surface area (Å²) in [7, 11) is 0. The van der Waals surface area contributed by atoms with Gasteiger partial charge < -0.3 is 10.8 Å². The van der Waals surface area contributed by atoms with Crippen LogP contribution < -0.4 is 5.73 Å². The highest BCUT2D eigenvalue weighted by atomic mass is 16.3. The summed E-state index contributed by atoms with van der Waals surface area (Å²) in [5.74, 6) is 3.46. The van der Waals surface area contributed by atoms with E-state index in [1.54, 1.807) is 0 Å². The zero-order valence-electron chi connectivity index (χ0n) is 19.2. The molecular formula is C26H47NO. The third kappa shape index (κ3) is 3.20. The summed E-state index contributed by atoms with van der Waals surface area (Å²) in [6.07, 6.45) is 16.8. The molecule has 4 rings (SSSR count). The van der Waals surface area contributed by atoms with Crippen LogP contribution in [-0.4, -0.2) is 16.7 Å². The topological polar surface area (TPSA) is 46.2 Å². The first-order valence-corrected chi connectivity index (χ1v) is 12.7. The molecular weight excluding hydrogens is 342 g/mol. The Labute approximate surface area is 174 Å². The van der Waals surface area contributed by atoms with Gasteiger partial charge in [-0.3, -0.25) is 0 Å². The van der Waals surface area contributed by atoms with E-state index in [4.69, 9.17) is 5.73 Å². The van der Waals surface area contributed by atoms with Gasteiger partial charge in [0.15, 0.2) is 0 Å². The van der Waals surface area contributed by atoms with Crippen LogP contribution in [0.4, 0.5) is 0 Å². The first-order chi connectivity index (χ1) is 13.2. The molecule has 0 heterocycles. The predicted molar refractivity (Wildman–Crippen MR) is 118 cm³/mol. The van der Waals surface area contributed by atoms with E-state index < -0.39 is 0 Å². The summed E-state index contributed by atoms with van der Waals surface area (Å²) in [5.41, 5.74) is 7.99. The van der Waals surface area contributed by atoms with E-state index in [0.717, 1.165) is 18.3 Å². The van der Waals surface area contributed by atoms with Gasteiger partial charge in [0.05, 0.1) is 6.10 Å². The summed E-state index contributed by atoms with van der Waals surface area (Å²) in [6, 6.07) is 0. The Morgan fingerprint density at radius 1 is 0.929 bits per heavy atom. The van der Waals surface area contributed by atoms with Crippen molar-refractivity contribution in [3.05, 3.63) is 0 Å². The van der Waals surface area contributed by atoms with Crippen LogP contribution >= 0.6 is 0 Å². The smallest absolute Gasteiger partial charge is 0.0591 e. The highest BCUT2D eigenvalue weighted by Gasteiger charge is 2.66. The number of fused-ring (bicyclic) bond motifs is 5. The molecule has 162 valence electrons. The lowest BCUT2D eigenvalue weighted by molar-refractivity contribution is -0.169. The lowest BCUT2D eigenvalue weighted by atomic mass is 9.41. The average Bonchev–Trinajstić information content (AvgIpc) is 2.96. The highest BCUT2D eigenvalue weighted by Crippen LogP contribution is 2.68. The molecule has 0 aromatic heterocycles. The van der Waals surface area contributed by atoms with Gasteiger partial charge in [0.1, 0.15) is 0 Å². The molecule has 2 nitrogen and oxygen atoms in total. The van der Waals surface area contributed by atoms with Crippen LogP contribution in [0.25, 0.3) is 0 Å². The summed E-state index contributed by atoms with van der Waals surface area (Å²) < 4.78 is 0. The fourth-order valence-electron chi connectivity index (χ4n) is 9.14. The molecule has 4 fully saturated rings. The Bertz CT molecular complexity index is 561. The maximum atomic E-state index is 11.2. The van der Waals surface area contributed by atoms with E-state index in [-0.39, 0.29) is 17.1 Å². The molecule has 0 aromatic carbocycles. The van der Waals surface area contributed by atoms with Crippen molar-refractivity contribution in [2.24, 2.45) is 46.2 Å². The standard InChI is InChI=1S/C26H47NO/c1-18(2)9-5-6-10-19-12-13-22-24(19,3)16-14-23-25(4)15-8-7-11-20(25)21(28)17-26(22,23)27/h18-23,28H,5-17,27H2,1-4H3. The first kappa shape index (κ1) is 21.2. The average molecular weight is 390 g/mol. The van der Waals surface area contributed by atoms with Gasteiger partial charge in [-0.2, -0.15) is 0 Å². The highest BCUT2D eigenvalue weighted by molar-refractivity contribution is 5.19. The maximum Gasteiger partial charge on any atom is 0.0591 e. The molecule has 8 atom stereocenters. The normalized spacial score (nSPS) is 50.9. The maximum absolute atomic E-state index is 11.2.